The van der Waals surface area contributed by atoms with Crippen LogP contribution in [0.15, 0.2) is 97.6 Å². The van der Waals surface area contributed by atoms with Crippen molar-refractivity contribution < 1.29 is 4.79 Å². The Morgan fingerprint density at radius 1 is 0.781 bits per heavy atom. The third-order valence-electron chi connectivity index (χ3n) is 5.40. The van der Waals surface area contributed by atoms with E-state index in [9.17, 15) is 4.79 Å². The topological polar surface area (TPSA) is 49.3 Å². The summed E-state index contributed by atoms with van der Waals surface area (Å²) in [7, 11) is 3.58. The van der Waals surface area contributed by atoms with Crippen molar-refractivity contribution in [2.24, 2.45) is 0 Å². The molecule has 0 fully saturated rings. The van der Waals surface area contributed by atoms with Gasteiger partial charge in [-0.1, -0.05) is 42.5 Å². The fourth-order valence-electron chi connectivity index (χ4n) is 3.84. The normalized spacial score (nSPS) is 10.6. The summed E-state index contributed by atoms with van der Waals surface area (Å²) in [6.07, 6.45) is 7.92. The molecule has 2 aromatic carbocycles. The van der Waals surface area contributed by atoms with Crippen LogP contribution in [0.1, 0.15) is 15.9 Å². The first-order valence-corrected chi connectivity index (χ1v) is 10.6. The molecule has 2 heterocycles. The van der Waals surface area contributed by atoms with Crippen LogP contribution < -0.4 is 4.90 Å². The fraction of sp³-hybridized carbons (Fsp3) is 0.148. The Morgan fingerprint density at radius 3 is 2.00 bits per heavy atom. The van der Waals surface area contributed by atoms with Crippen LogP contribution in [0.5, 0.6) is 0 Å². The van der Waals surface area contributed by atoms with E-state index in [0.717, 1.165) is 33.6 Å². The maximum Gasteiger partial charge on any atom is 0.253 e. The molecule has 5 heteroatoms. The van der Waals surface area contributed by atoms with Crippen molar-refractivity contribution in [3.63, 3.8) is 0 Å². The standard InChI is InChI=1S/C27H26N4O/c1-30(2)27(32)26-14-6-13-24(21-9-4-3-5-10-21)25(26)15-18-31(22-11-7-16-28-19-22)23-12-8-17-29-20-23/h3-14,16-17,19-20H,15,18H2,1-2H3. The molecule has 1 amide bonds. The zero-order valence-electron chi connectivity index (χ0n) is 18.3. The minimum atomic E-state index is 0.00656. The molecule has 0 atom stereocenters. The summed E-state index contributed by atoms with van der Waals surface area (Å²) in [6.45, 7) is 0.676. The number of benzene rings is 2. The van der Waals surface area contributed by atoms with Crippen molar-refractivity contribution in [3.05, 3.63) is 109 Å². The maximum atomic E-state index is 13.0. The number of carbonyl (C=O) groups is 1. The Hall–Kier alpha value is -3.99. The minimum absolute atomic E-state index is 0.00656. The van der Waals surface area contributed by atoms with Crippen LogP contribution in [-0.4, -0.2) is 41.4 Å². The molecule has 0 aliphatic carbocycles. The summed E-state index contributed by atoms with van der Waals surface area (Å²) in [4.78, 5) is 25.4. The number of hydrogen-bond acceptors (Lipinski definition) is 4. The first-order chi connectivity index (χ1) is 15.6. The Kier molecular flexibility index (Phi) is 6.56. The summed E-state index contributed by atoms with van der Waals surface area (Å²) in [5.41, 5.74) is 5.92. The second-order valence-corrected chi connectivity index (χ2v) is 7.72. The number of amides is 1. The molecule has 0 radical (unpaired) electrons. The Bertz CT molecular complexity index is 1120. The van der Waals surface area contributed by atoms with E-state index in [1.54, 1.807) is 31.4 Å². The molecule has 5 nitrogen and oxygen atoms in total. The number of hydrogen-bond donors (Lipinski definition) is 0. The summed E-state index contributed by atoms with van der Waals surface area (Å²) in [5.74, 6) is 0.00656. The first kappa shape index (κ1) is 21.2. The Labute approximate surface area is 189 Å². The van der Waals surface area contributed by atoms with Crippen molar-refractivity contribution in [1.29, 1.82) is 0 Å². The van der Waals surface area contributed by atoms with Gasteiger partial charge in [-0.3, -0.25) is 14.8 Å². The van der Waals surface area contributed by atoms with Crippen molar-refractivity contribution in [2.75, 3.05) is 25.5 Å². The van der Waals surface area contributed by atoms with E-state index < -0.39 is 0 Å². The monoisotopic (exact) mass is 422 g/mol. The van der Waals surface area contributed by atoms with Gasteiger partial charge in [0.15, 0.2) is 0 Å². The van der Waals surface area contributed by atoms with Gasteiger partial charge in [0.25, 0.3) is 5.91 Å². The van der Waals surface area contributed by atoms with Crippen LogP contribution in [0.2, 0.25) is 0 Å². The van der Waals surface area contributed by atoms with Crippen LogP contribution in [0.25, 0.3) is 11.1 Å². The van der Waals surface area contributed by atoms with Gasteiger partial charge in [-0.05, 0) is 53.4 Å². The average molecular weight is 423 g/mol. The van der Waals surface area contributed by atoms with Crippen molar-refractivity contribution in [2.45, 2.75) is 6.42 Å². The summed E-state index contributed by atoms with van der Waals surface area (Å²) < 4.78 is 0. The van der Waals surface area contributed by atoms with Gasteiger partial charge in [0.1, 0.15) is 0 Å². The molecule has 0 bridgehead atoms. The quantitative estimate of drug-likeness (QED) is 0.409. The van der Waals surface area contributed by atoms with Crippen molar-refractivity contribution in [3.8, 4) is 11.1 Å². The third kappa shape index (κ3) is 4.67. The van der Waals surface area contributed by atoms with E-state index in [-0.39, 0.29) is 5.91 Å². The van der Waals surface area contributed by atoms with Gasteiger partial charge >= 0.3 is 0 Å². The van der Waals surface area contributed by atoms with E-state index in [0.29, 0.717) is 13.0 Å². The van der Waals surface area contributed by atoms with Gasteiger partial charge in [0.05, 0.1) is 23.8 Å². The van der Waals surface area contributed by atoms with Gasteiger partial charge in [0.2, 0.25) is 0 Å². The number of rotatable bonds is 7. The number of carbonyl (C=O) groups excluding carboxylic acids is 1. The van der Waals surface area contributed by atoms with Crippen LogP contribution in [0.4, 0.5) is 11.4 Å². The summed E-state index contributed by atoms with van der Waals surface area (Å²) in [5, 5.41) is 0. The number of nitrogens with zero attached hydrogens (tertiary/aromatic N) is 4. The van der Waals surface area contributed by atoms with Gasteiger partial charge in [0, 0.05) is 38.6 Å². The smallest absolute Gasteiger partial charge is 0.253 e. The highest BCUT2D eigenvalue weighted by Gasteiger charge is 2.19. The average Bonchev–Trinajstić information content (AvgIpc) is 2.85. The molecule has 4 rings (SSSR count). The maximum absolute atomic E-state index is 13.0. The highest BCUT2D eigenvalue weighted by Crippen LogP contribution is 2.30. The lowest BCUT2D eigenvalue weighted by Gasteiger charge is -2.26. The van der Waals surface area contributed by atoms with Gasteiger partial charge in [-0.2, -0.15) is 0 Å². The predicted octanol–water partition coefficient (Wildman–Crippen LogP) is 5.23. The lowest BCUT2D eigenvalue weighted by molar-refractivity contribution is 0.0826. The second-order valence-electron chi connectivity index (χ2n) is 7.72. The molecule has 32 heavy (non-hydrogen) atoms. The predicted molar refractivity (Wildman–Crippen MR) is 129 cm³/mol. The highest BCUT2D eigenvalue weighted by atomic mass is 16.2. The zero-order chi connectivity index (χ0) is 22.3. The number of aromatic nitrogens is 2. The molecule has 0 aliphatic heterocycles. The summed E-state index contributed by atoms with van der Waals surface area (Å²) >= 11 is 0. The number of anilines is 2. The lowest BCUT2D eigenvalue weighted by atomic mass is 9.92. The van der Waals surface area contributed by atoms with E-state index in [1.165, 1.54) is 0 Å². The Balaban J connectivity index is 1.76. The van der Waals surface area contributed by atoms with E-state index >= 15 is 0 Å². The van der Waals surface area contributed by atoms with Crippen LogP contribution in [-0.2, 0) is 6.42 Å². The molecule has 0 unspecified atom stereocenters. The van der Waals surface area contributed by atoms with Gasteiger partial charge in [-0.15, -0.1) is 0 Å². The van der Waals surface area contributed by atoms with Crippen molar-refractivity contribution >= 4 is 17.3 Å². The van der Waals surface area contributed by atoms with Crippen LogP contribution >= 0.6 is 0 Å². The first-order valence-electron chi connectivity index (χ1n) is 10.6. The van der Waals surface area contributed by atoms with E-state index in [4.69, 9.17) is 0 Å². The van der Waals surface area contributed by atoms with E-state index in [2.05, 4.69) is 33.1 Å². The molecular formula is C27H26N4O. The molecule has 160 valence electrons. The molecule has 2 aromatic heterocycles. The van der Waals surface area contributed by atoms with Gasteiger partial charge < -0.3 is 9.80 Å². The molecular weight excluding hydrogens is 396 g/mol. The van der Waals surface area contributed by atoms with Crippen molar-refractivity contribution in [1.82, 2.24) is 14.9 Å². The molecule has 0 N–H and O–H groups in total. The second kappa shape index (κ2) is 9.88. The fourth-order valence-corrected chi connectivity index (χ4v) is 3.84. The molecule has 0 aliphatic rings. The van der Waals surface area contributed by atoms with Crippen LogP contribution in [0.3, 0.4) is 0 Å². The Morgan fingerprint density at radius 2 is 1.44 bits per heavy atom. The summed E-state index contributed by atoms with van der Waals surface area (Å²) in [6, 6.07) is 24.1. The SMILES string of the molecule is CN(C)C(=O)c1cccc(-c2ccccc2)c1CCN(c1cccnc1)c1cccnc1. The van der Waals surface area contributed by atoms with Crippen LogP contribution in [0, 0.1) is 0 Å². The van der Waals surface area contributed by atoms with Gasteiger partial charge in [-0.25, -0.2) is 0 Å². The molecule has 0 spiro atoms. The number of pyridine rings is 2. The molecule has 4 aromatic rings. The lowest BCUT2D eigenvalue weighted by Crippen LogP contribution is -2.25. The van der Waals surface area contributed by atoms with E-state index in [1.807, 2.05) is 67.0 Å². The zero-order valence-corrected chi connectivity index (χ0v) is 18.3. The third-order valence-corrected chi connectivity index (χ3v) is 5.40. The minimum Gasteiger partial charge on any atom is -0.345 e. The largest absolute Gasteiger partial charge is 0.345 e. The molecule has 0 saturated heterocycles. The molecule has 0 saturated carbocycles. The highest BCUT2D eigenvalue weighted by molar-refractivity contribution is 5.97.